The molecule has 5 rings (SSSR count). The number of nitrogens with one attached hydrogen (secondary N) is 2. The van der Waals surface area contributed by atoms with E-state index in [0.717, 1.165) is 11.3 Å². The summed E-state index contributed by atoms with van der Waals surface area (Å²) in [7, 11) is 0. The molecule has 5 aromatic heterocycles. The van der Waals surface area contributed by atoms with Gasteiger partial charge in [-0.05, 0) is 29.1 Å². The van der Waals surface area contributed by atoms with Gasteiger partial charge in [0.2, 0.25) is 5.95 Å². The second kappa shape index (κ2) is 7.60. The Hall–Kier alpha value is -3.92. The standard InChI is InChI=1S/C19H15N9S/c1-2-13(8-20-5-1)9-22-17-16-18(28(12-24-16)14-4-7-29-10-14)27-19(26-17)25-15-3-6-21-11-23-15/h1-8,10-12H,9H2,(H2,21,22,23,25,26,27). The van der Waals surface area contributed by atoms with E-state index in [-0.39, 0.29) is 0 Å². The monoisotopic (exact) mass is 401 g/mol. The Morgan fingerprint density at radius 1 is 1.03 bits per heavy atom. The maximum atomic E-state index is 4.67. The minimum Gasteiger partial charge on any atom is -0.364 e. The molecular weight excluding hydrogens is 386 g/mol. The summed E-state index contributed by atoms with van der Waals surface area (Å²) < 4.78 is 1.94. The molecule has 29 heavy (non-hydrogen) atoms. The predicted octanol–water partition coefficient (Wildman–Crippen LogP) is 3.42. The zero-order valence-corrected chi connectivity index (χ0v) is 15.9. The van der Waals surface area contributed by atoms with Gasteiger partial charge in [-0.15, -0.1) is 0 Å². The molecule has 9 nitrogen and oxygen atoms in total. The molecule has 0 aliphatic rings. The first-order valence-electron chi connectivity index (χ1n) is 8.80. The van der Waals surface area contributed by atoms with Crippen molar-refractivity contribution in [2.24, 2.45) is 0 Å². The van der Waals surface area contributed by atoms with Crippen LogP contribution in [-0.4, -0.2) is 34.5 Å². The van der Waals surface area contributed by atoms with Crippen LogP contribution in [0.1, 0.15) is 5.56 Å². The van der Waals surface area contributed by atoms with E-state index >= 15 is 0 Å². The smallest absolute Gasteiger partial charge is 0.232 e. The maximum absolute atomic E-state index is 4.67. The van der Waals surface area contributed by atoms with Gasteiger partial charge in [-0.2, -0.15) is 21.3 Å². The number of thiophene rings is 1. The topological polar surface area (TPSA) is 106 Å². The van der Waals surface area contributed by atoms with Crippen molar-refractivity contribution in [3.05, 3.63) is 71.8 Å². The van der Waals surface area contributed by atoms with Crippen LogP contribution < -0.4 is 10.6 Å². The summed E-state index contributed by atoms with van der Waals surface area (Å²) >= 11 is 1.62. The molecule has 0 saturated heterocycles. The highest BCUT2D eigenvalue weighted by molar-refractivity contribution is 7.08. The summed E-state index contributed by atoms with van der Waals surface area (Å²) in [5.41, 5.74) is 3.43. The van der Waals surface area contributed by atoms with E-state index in [4.69, 9.17) is 0 Å². The zero-order chi connectivity index (χ0) is 19.5. The first-order valence-corrected chi connectivity index (χ1v) is 9.74. The first-order chi connectivity index (χ1) is 14.4. The van der Waals surface area contributed by atoms with Crippen molar-refractivity contribution in [2.45, 2.75) is 6.54 Å². The Kier molecular flexibility index (Phi) is 4.51. The number of fused-ring (bicyclic) bond motifs is 1. The number of nitrogens with zero attached hydrogens (tertiary/aromatic N) is 7. The van der Waals surface area contributed by atoms with Crippen molar-refractivity contribution in [1.29, 1.82) is 0 Å². The third-order valence-corrected chi connectivity index (χ3v) is 4.86. The number of imidazole rings is 1. The van der Waals surface area contributed by atoms with Crippen molar-refractivity contribution in [2.75, 3.05) is 10.6 Å². The fourth-order valence-electron chi connectivity index (χ4n) is 2.83. The molecule has 0 saturated carbocycles. The molecule has 0 unspecified atom stereocenters. The van der Waals surface area contributed by atoms with E-state index < -0.39 is 0 Å². The third-order valence-electron chi connectivity index (χ3n) is 4.19. The molecule has 5 heterocycles. The Labute approximate surface area is 169 Å². The van der Waals surface area contributed by atoms with Crippen LogP contribution in [0.25, 0.3) is 16.9 Å². The van der Waals surface area contributed by atoms with Gasteiger partial charge in [-0.3, -0.25) is 9.55 Å². The Balaban J connectivity index is 1.56. The molecule has 0 aromatic carbocycles. The molecule has 0 amide bonds. The third kappa shape index (κ3) is 3.60. The minimum absolute atomic E-state index is 0.418. The lowest BCUT2D eigenvalue weighted by Crippen LogP contribution is -2.07. The molecule has 2 N–H and O–H groups in total. The Morgan fingerprint density at radius 3 is 2.83 bits per heavy atom. The predicted molar refractivity (Wildman–Crippen MR) is 111 cm³/mol. The molecule has 142 valence electrons. The molecule has 0 aliphatic carbocycles. The Morgan fingerprint density at radius 2 is 2.03 bits per heavy atom. The highest BCUT2D eigenvalue weighted by Gasteiger charge is 2.15. The number of rotatable bonds is 6. The fraction of sp³-hybridized carbons (Fsp3) is 0.0526. The van der Waals surface area contributed by atoms with Gasteiger partial charge >= 0.3 is 0 Å². The molecule has 5 aromatic rings. The molecule has 0 spiro atoms. The lowest BCUT2D eigenvalue weighted by molar-refractivity contribution is 1.05. The first kappa shape index (κ1) is 17.2. The Bertz CT molecular complexity index is 1220. The summed E-state index contributed by atoms with van der Waals surface area (Å²) in [5, 5.41) is 10.5. The average molecular weight is 401 g/mol. The van der Waals surface area contributed by atoms with Crippen LogP contribution in [0.4, 0.5) is 17.6 Å². The van der Waals surface area contributed by atoms with Gasteiger partial charge in [-0.25, -0.2) is 15.0 Å². The SMILES string of the molecule is c1cncc(CNc2nc(Nc3ccncn3)nc3c2ncn3-c2ccsc2)c1. The second-order valence-electron chi connectivity index (χ2n) is 6.10. The molecule has 0 fully saturated rings. The van der Waals surface area contributed by atoms with E-state index in [0.29, 0.717) is 35.3 Å². The van der Waals surface area contributed by atoms with Crippen molar-refractivity contribution < 1.29 is 0 Å². The zero-order valence-electron chi connectivity index (χ0n) is 15.1. The molecule has 0 aliphatic heterocycles. The number of aromatic nitrogens is 7. The van der Waals surface area contributed by atoms with Gasteiger partial charge in [0.25, 0.3) is 0 Å². The van der Waals surface area contributed by atoms with Crippen LogP contribution >= 0.6 is 11.3 Å². The molecule has 0 atom stereocenters. The van der Waals surface area contributed by atoms with E-state index in [9.17, 15) is 0 Å². The summed E-state index contributed by atoms with van der Waals surface area (Å²) in [5.74, 6) is 1.66. The van der Waals surface area contributed by atoms with E-state index in [1.807, 2.05) is 39.7 Å². The number of pyridine rings is 1. The van der Waals surface area contributed by atoms with Crippen LogP contribution in [0.5, 0.6) is 0 Å². The minimum atomic E-state index is 0.418. The largest absolute Gasteiger partial charge is 0.364 e. The maximum Gasteiger partial charge on any atom is 0.232 e. The molecule has 10 heteroatoms. The van der Waals surface area contributed by atoms with Crippen LogP contribution in [0.2, 0.25) is 0 Å². The van der Waals surface area contributed by atoms with Gasteiger partial charge in [0.15, 0.2) is 17.0 Å². The van der Waals surface area contributed by atoms with Crippen molar-refractivity contribution >= 4 is 40.1 Å². The van der Waals surface area contributed by atoms with Crippen LogP contribution in [0.15, 0.2) is 66.3 Å². The van der Waals surface area contributed by atoms with E-state index in [1.54, 1.807) is 36.1 Å². The second-order valence-corrected chi connectivity index (χ2v) is 6.88. The molecule has 0 radical (unpaired) electrons. The van der Waals surface area contributed by atoms with E-state index in [1.165, 1.54) is 6.33 Å². The van der Waals surface area contributed by atoms with Gasteiger partial charge in [0.1, 0.15) is 18.5 Å². The highest BCUT2D eigenvalue weighted by atomic mass is 32.1. The van der Waals surface area contributed by atoms with Crippen LogP contribution in [-0.2, 0) is 6.54 Å². The number of anilines is 3. The van der Waals surface area contributed by atoms with Crippen molar-refractivity contribution in [3.63, 3.8) is 0 Å². The molecule has 0 bridgehead atoms. The van der Waals surface area contributed by atoms with Crippen LogP contribution in [0, 0.1) is 0 Å². The lowest BCUT2D eigenvalue weighted by atomic mass is 10.3. The average Bonchev–Trinajstić information content (AvgIpc) is 3.43. The van der Waals surface area contributed by atoms with Crippen molar-refractivity contribution in [3.8, 4) is 5.69 Å². The summed E-state index contributed by atoms with van der Waals surface area (Å²) in [6, 6.07) is 7.68. The summed E-state index contributed by atoms with van der Waals surface area (Å²) in [4.78, 5) is 26.1. The van der Waals surface area contributed by atoms with Crippen LogP contribution in [0.3, 0.4) is 0 Å². The van der Waals surface area contributed by atoms with Crippen molar-refractivity contribution in [1.82, 2.24) is 34.5 Å². The number of hydrogen-bond donors (Lipinski definition) is 2. The lowest BCUT2D eigenvalue weighted by Gasteiger charge is -2.10. The fourth-order valence-corrected chi connectivity index (χ4v) is 3.46. The van der Waals surface area contributed by atoms with Gasteiger partial charge < -0.3 is 10.6 Å². The number of hydrogen-bond acceptors (Lipinski definition) is 9. The normalized spacial score (nSPS) is 10.9. The van der Waals surface area contributed by atoms with Gasteiger partial charge in [0, 0.05) is 30.5 Å². The van der Waals surface area contributed by atoms with E-state index in [2.05, 4.69) is 40.5 Å². The summed E-state index contributed by atoms with van der Waals surface area (Å²) in [6.07, 6.45) is 8.45. The highest BCUT2D eigenvalue weighted by Crippen LogP contribution is 2.25. The summed E-state index contributed by atoms with van der Waals surface area (Å²) in [6.45, 7) is 0.568. The molecular formula is C19H15N9S. The van der Waals surface area contributed by atoms with Gasteiger partial charge in [-0.1, -0.05) is 6.07 Å². The van der Waals surface area contributed by atoms with Gasteiger partial charge in [0.05, 0.1) is 5.69 Å². The quantitative estimate of drug-likeness (QED) is 0.446.